The molecule has 140 valence electrons. The van der Waals surface area contributed by atoms with Gasteiger partial charge in [-0.1, -0.05) is 0 Å². The van der Waals surface area contributed by atoms with E-state index in [0.29, 0.717) is 12.5 Å². The van der Waals surface area contributed by atoms with E-state index >= 15 is 0 Å². The fourth-order valence-electron chi connectivity index (χ4n) is 3.91. The van der Waals surface area contributed by atoms with Gasteiger partial charge in [-0.3, -0.25) is 9.58 Å². The van der Waals surface area contributed by atoms with E-state index in [1.807, 2.05) is 10.9 Å². The van der Waals surface area contributed by atoms with Crippen LogP contribution in [0.1, 0.15) is 31.4 Å². The van der Waals surface area contributed by atoms with Gasteiger partial charge < -0.3 is 4.74 Å². The highest BCUT2D eigenvalue weighted by molar-refractivity contribution is 7.90. The lowest BCUT2D eigenvalue weighted by molar-refractivity contribution is 0.0496. The number of ether oxygens (including phenoxy) is 1. The number of nitrogens with zero attached hydrogens (tertiary/aromatic N) is 3. The van der Waals surface area contributed by atoms with Crippen molar-refractivity contribution in [2.24, 2.45) is 11.8 Å². The molecule has 1 atom stereocenters. The fraction of sp³-hybridized carbons (Fsp3) is 0.824. The smallest absolute Gasteiger partial charge is 0.214 e. The van der Waals surface area contributed by atoms with E-state index in [9.17, 15) is 8.42 Å². The van der Waals surface area contributed by atoms with Crippen LogP contribution in [0, 0.1) is 11.8 Å². The first-order valence-corrected chi connectivity index (χ1v) is 10.9. The lowest BCUT2D eigenvalue weighted by Crippen LogP contribution is -2.39. The first-order chi connectivity index (χ1) is 12.1. The van der Waals surface area contributed by atoms with Crippen molar-refractivity contribution in [2.75, 3.05) is 32.8 Å². The molecule has 0 bridgehead atoms. The number of nitrogens with one attached hydrogen (secondary N) is 1. The summed E-state index contributed by atoms with van der Waals surface area (Å²) in [7, 11) is -3.12. The van der Waals surface area contributed by atoms with E-state index in [4.69, 9.17) is 4.74 Å². The molecule has 4 rings (SSSR count). The molecule has 25 heavy (non-hydrogen) atoms. The van der Waals surface area contributed by atoms with Crippen LogP contribution in [0.25, 0.3) is 0 Å². The topological polar surface area (TPSA) is 76.5 Å². The van der Waals surface area contributed by atoms with Gasteiger partial charge in [-0.15, -0.1) is 0 Å². The summed E-state index contributed by atoms with van der Waals surface area (Å²) in [5.74, 6) is 0.918. The normalized spacial score (nSPS) is 26.3. The molecule has 1 aliphatic carbocycles. The van der Waals surface area contributed by atoms with Gasteiger partial charge in [-0.05, 0) is 37.7 Å². The maximum Gasteiger partial charge on any atom is 0.214 e. The summed E-state index contributed by atoms with van der Waals surface area (Å²) in [6.07, 6.45) is 5.69. The summed E-state index contributed by atoms with van der Waals surface area (Å²) in [6.45, 7) is 5.86. The van der Waals surface area contributed by atoms with Gasteiger partial charge >= 0.3 is 0 Å². The maximum absolute atomic E-state index is 12.2. The van der Waals surface area contributed by atoms with Crippen molar-refractivity contribution < 1.29 is 13.2 Å². The van der Waals surface area contributed by atoms with Crippen LogP contribution in [0.15, 0.2) is 12.3 Å². The third-order valence-corrected chi connectivity index (χ3v) is 7.45. The third kappa shape index (κ3) is 4.42. The third-order valence-electron chi connectivity index (χ3n) is 5.53. The van der Waals surface area contributed by atoms with Gasteiger partial charge in [0.2, 0.25) is 10.0 Å². The monoisotopic (exact) mass is 368 g/mol. The number of aromatic nitrogens is 2. The van der Waals surface area contributed by atoms with E-state index in [-0.39, 0.29) is 11.2 Å². The van der Waals surface area contributed by atoms with Crippen molar-refractivity contribution in [3.05, 3.63) is 18.0 Å². The van der Waals surface area contributed by atoms with Crippen LogP contribution < -0.4 is 4.72 Å². The van der Waals surface area contributed by atoms with Crippen molar-refractivity contribution in [2.45, 2.75) is 44.0 Å². The van der Waals surface area contributed by atoms with Gasteiger partial charge in [0.1, 0.15) is 0 Å². The lowest BCUT2D eigenvalue weighted by atomic mass is 9.99. The molecule has 2 aliphatic heterocycles. The Hall–Kier alpha value is -0.960. The standard InChI is InChI=1S/C17H28N4O3S/c22-25(23,17-1-2-17)19-9-15-11-20(10-14-4-7-24-8-5-14)13-16-3-6-18-21(16)12-15/h3,6,14-15,17,19H,1-2,4-5,7-13H2/t15-/m0/s1. The molecule has 3 heterocycles. The molecule has 1 saturated carbocycles. The van der Waals surface area contributed by atoms with Crippen LogP contribution in [-0.2, 0) is 27.8 Å². The number of hydrogen-bond donors (Lipinski definition) is 1. The van der Waals surface area contributed by atoms with Gasteiger partial charge in [-0.2, -0.15) is 5.10 Å². The first-order valence-electron chi connectivity index (χ1n) is 9.39. The number of fused-ring (bicyclic) bond motifs is 1. The van der Waals surface area contributed by atoms with Crippen LogP contribution in [0.5, 0.6) is 0 Å². The highest BCUT2D eigenvalue weighted by Gasteiger charge is 2.36. The zero-order chi connectivity index (χ0) is 17.3. The average Bonchev–Trinajstić information content (AvgIpc) is 3.39. The summed E-state index contributed by atoms with van der Waals surface area (Å²) >= 11 is 0. The Balaban J connectivity index is 1.41. The Morgan fingerprint density at radius 1 is 1.16 bits per heavy atom. The van der Waals surface area contributed by atoms with Crippen molar-refractivity contribution >= 4 is 10.0 Å². The Kier molecular flexibility index (Phi) is 5.13. The van der Waals surface area contributed by atoms with Crippen LogP contribution >= 0.6 is 0 Å². The van der Waals surface area contributed by atoms with Gasteiger partial charge in [0.25, 0.3) is 0 Å². The van der Waals surface area contributed by atoms with Gasteiger partial charge in [0, 0.05) is 58.1 Å². The van der Waals surface area contributed by atoms with Crippen molar-refractivity contribution in [3.8, 4) is 0 Å². The second-order valence-corrected chi connectivity index (χ2v) is 9.76. The Bertz CT molecular complexity index is 680. The number of rotatable bonds is 6. The van der Waals surface area contributed by atoms with Crippen molar-refractivity contribution in [1.82, 2.24) is 19.4 Å². The number of hydrogen-bond acceptors (Lipinski definition) is 5. The summed E-state index contributed by atoms with van der Waals surface area (Å²) < 4.78 is 34.7. The van der Waals surface area contributed by atoms with E-state index < -0.39 is 10.0 Å². The van der Waals surface area contributed by atoms with E-state index in [1.54, 1.807) is 0 Å². The molecule has 1 aromatic rings. The van der Waals surface area contributed by atoms with Crippen LogP contribution in [0.2, 0.25) is 0 Å². The molecule has 1 aromatic heterocycles. The molecule has 0 unspecified atom stereocenters. The highest BCUT2D eigenvalue weighted by Crippen LogP contribution is 2.28. The lowest BCUT2D eigenvalue weighted by Gasteiger charge is -2.30. The molecule has 2 fully saturated rings. The summed E-state index contributed by atoms with van der Waals surface area (Å²) in [5, 5.41) is 4.28. The van der Waals surface area contributed by atoms with E-state index in [1.165, 1.54) is 5.69 Å². The first kappa shape index (κ1) is 17.5. The van der Waals surface area contributed by atoms with Crippen molar-refractivity contribution in [3.63, 3.8) is 0 Å². The highest BCUT2D eigenvalue weighted by atomic mass is 32.2. The molecule has 0 spiro atoms. The molecule has 1 N–H and O–H groups in total. The molecule has 0 radical (unpaired) electrons. The van der Waals surface area contributed by atoms with Gasteiger partial charge in [0.05, 0.1) is 10.9 Å². The Labute approximate surface area is 149 Å². The predicted octanol–water partition coefficient (Wildman–Crippen LogP) is 0.823. The minimum Gasteiger partial charge on any atom is -0.381 e. The summed E-state index contributed by atoms with van der Waals surface area (Å²) in [6, 6.07) is 2.08. The zero-order valence-corrected chi connectivity index (χ0v) is 15.5. The molecule has 3 aliphatic rings. The minimum absolute atomic E-state index is 0.156. The van der Waals surface area contributed by atoms with E-state index in [0.717, 1.165) is 65.1 Å². The van der Waals surface area contributed by atoms with E-state index in [2.05, 4.69) is 20.8 Å². The van der Waals surface area contributed by atoms with Gasteiger partial charge in [0.15, 0.2) is 0 Å². The summed E-state index contributed by atoms with van der Waals surface area (Å²) in [4.78, 5) is 2.48. The molecule has 1 saturated heterocycles. The molecular formula is C17H28N4O3S. The predicted molar refractivity (Wildman–Crippen MR) is 94.5 cm³/mol. The Morgan fingerprint density at radius 3 is 2.72 bits per heavy atom. The maximum atomic E-state index is 12.2. The number of sulfonamides is 1. The van der Waals surface area contributed by atoms with Crippen LogP contribution in [-0.4, -0.2) is 61.2 Å². The molecule has 7 nitrogen and oxygen atoms in total. The average molecular weight is 369 g/mol. The van der Waals surface area contributed by atoms with Crippen LogP contribution in [0.3, 0.4) is 0 Å². The molecular weight excluding hydrogens is 340 g/mol. The summed E-state index contributed by atoms with van der Waals surface area (Å²) in [5.41, 5.74) is 1.22. The Morgan fingerprint density at radius 2 is 1.96 bits per heavy atom. The molecule has 0 amide bonds. The quantitative estimate of drug-likeness (QED) is 0.805. The minimum atomic E-state index is -3.12. The molecule has 0 aromatic carbocycles. The second kappa shape index (κ2) is 7.34. The van der Waals surface area contributed by atoms with Gasteiger partial charge in [-0.25, -0.2) is 13.1 Å². The SMILES string of the molecule is O=S(=O)(NC[C@H]1CN(CC2CCOCC2)Cc2ccnn2C1)C1CC1. The fourth-order valence-corrected chi connectivity index (χ4v) is 5.37. The van der Waals surface area contributed by atoms with Crippen molar-refractivity contribution in [1.29, 1.82) is 0 Å². The van der Waals surface area contributed by atoms with Crippen LogP contribution in [0.4, 0.5) is 0 Å². The molecule has 8 heteroatoms. The second-order valence-electron chi connectivity index (χ2n) is 7.71. The zero-order valence-electron chi connectivity index (χ0n) is 14.6. The largest absolute Gasteiger partial charge is 0.381 e.